The van der Waals surface area contributed by atoms with Gasteiger partial charge in [-0.2, -0.15) is 0 Å². The minimum atomic E-state index is -0.229. The molecule has 7 heteroatoms. The molecule has 1 aliphatic heterocycles. The largest absolute Gasteiger partial charge is 0.370 e. The van der Waals surface area contributed by atoms with Crippen LogP contribution in [-0.4, -0.2) is 35.8 Å². The van der Waals surface area contributed by atoms with Gasteiger partial charge in [0.15, 0.2) is 5.76 Å². The first-order valence-electron chi connectivity index (χ1n) is 7.41. The monoisotopic (exact) mass is 335 g/mol. The third-order valence-electron chi connectivity index (χ3n) is 3.87. The number of anilines is 1. The van der Waals surface area contributed by atoms with Gasteiger partial charge >= 0.3 is 6.03 Å². The summed E-state index contributed by atoms with van der Waals surface area (Å²) in [6.45, 7) is 4.99. The van der Waals surface area contributed by atoms with Crippen molar-refractivity contribution in [1.82, 2.24) is 10.1 Å². The van der Waals surface area contributed by atoms with E-state index in [9.17, 15) is 4.79 Å². The maximum absolute atomic E-state index is 12.5. The van der Waals surface area contributed by atoms with Crippen LogP contribution >= 0.6 is 11.6 Å². The lowest BCUT2D eigenvalue weighted by atomic mass is 10.1. The van der Waals surface area contributed by atoms with Crippen molar-refractivity contribution in [3.63, 3.8) is 0 Å². The zero-order valence-corrected chi connectivity index (χ0v) is 13.8. The van der Waals surface area contributed by atoms with Crippen LogP contribution in [-0.2, 0) is 4.74 Å². The third-order valence-corrected chi connectivity index (χ3v) is 4.22. The second-order valence-corrected chi connectivity index (χ2v) is 5.86. The van der Waals surface area contributed by atoms with Crippen molar-refractivity contribution in [3.05, 3.63) is 46.3 Å². The summed E-state index contributed by atoms with van der Waals surface area (Å²) < 4.78 is 10.8. The Bertz CT molecular complexity index is 697. The fourth-order valence-electron chi connectivity index (χ4n) is 2.61. The van der Waals surface area contributed by atoms with Crippen LogP contribution in [0.5, 0.6) is 0 Å². The van der Waals surface area contributed by atoms with E-state index in [1.165, 1.54) is 0 Å². The number of urea groups is 1. The van der Waals surface area contributed by atoms with Gasteiger partial charge in [-0.25, -0.2) is 4.79 Å². The van der Waals surface area contributed by atoms with E-state index in [2.05, 4.69) is 10.5 Å². The molecule has 2 amide bonds. The van der Waals surface area contributed by atoms with Crippen molar-refractivity contribution in [3.8, 4) is 0 Å². The number of aromatic nitrogens is 1. The molecule has 1 aromatic heterocycles. The van der Waals surface area contributed by atoms with Gasteiger partial charge in [0.05, 0.1) is 13.2 Å². The second-order valence-electron chi connectivity index (χ2n) is 5.46. The predicted octanol–water partition coefficient (Wildman–Crippen LogP) is 3.55. The predicted molar refractivity (Wildman–Crippen MR) is 86.7 cm³/mol. The van der Waals surface area contributed by atoms with E-state index in [4.69, 9.17) is 20.9 Å². The van der Waals surface area contributed by atoms with E-state index in [-0.39, 0.29) is 12.1 Å². The van der Waals surface area contributed by atoms with Gasteiger partial charge in [0, 0.05) is 17.1 Å². The molecule has 3 rings (SSSR count). The molecule has 1 aliphatic rings. The second kappa shape index (κ2) is 6.60. The van der Waals surface area contributed by atoms with Crippen LogP contribution in [0.15, 0.2) is 28.8 Å². The van der Waals surface area contributed by atoms with Gasteiger partial charge in [-0.05, 0) is 19.9 Å². The molecule has 0 aliphatic carbocycles. The fourth-order valence-corrected chi connectivity index (χ4v) is 2.86. The molecule has 122 valence electrons. The van der Waals surface area contributed by atoms with Gasteiger partial charge in [0.25, 0.3) is 0 Å². The number of ether oxygens (including phenoxy) is 1. The number of nitrogens with one attached hydrogen (secondary N) is 1. The first kappa shape index (κ1) is 15.8. The lowest BCUT2D eigenvalue weighted by molar-refractivity contribution is -0.0134. The minimum Gasteiger partial charge on any atom is -0.370 e. The van der Waals surface area contributed by atoms with E-state index in [0.717, 1.165) is 5.56 Å². The van der Waals surface area contributed by atoms with Gasteiger partial charge in [-0.15, -0.1) is 0 Å². The summed E-state index contributed by atoms with van der Waals surface area (Å²) in [4.78, 5) is 14.2. The van der Waals surface area contributed by atoms with Crippen LogP contribution < -0.4 is 5.32 Å². The number of carbonyl (C=O) groups is 1. The standard InChI is InChI=1S/C16H18ClN3O3/c1-10-15(11(2)23-19-10)18-16(21)20-7-8-22-14(9-20)12-5-3-4-6-13(12)17/h3-6,14H,7-9H2,1-2H3,(H,18,21). The Balaban J connectivity index is 1.71. The Morgan fingerprint density at radius 3 is 2.87 bits per heavy atom. The Morgan fingerprint density at radius 2 is 2.17 bits per heavy atom. The van der Waals surface area contributed by atoms with Gasteiger partial charge in [0.1, 0.15) is 17.5 Å². The van der Waals surface area contributed by atoms with Crippen molar-refractivity contribution in [2.75, 3.05) is 25.0 Å². The molecule has 2 heterocycles. The number of hydrogen-bond acceptors (Lipinski definition) is 4. The SMILES string of the molecule is Cc1noc(C)c1NC(=O)N1CCOC(c2ccccc2Cl)C1. The average molecular weight is 336 g/mol. The number of morpholine rings is 1. The van der Waals surface area contributed by atoms with Crippen LogP contribution in [0, 0.1) is 13.8 Å². The third kappa shape index (κ3) is 3.33. The zero-order chi connectivity index (χ0) is 16.4. The number of amides is 2. The van der Waals surface area contributed by atoms with Gasteiger partial charge in [-0.1, -0.05) is 35.0 Å². The number of benzene rings is 1. The number of nitrogens with zero attached hydrogens (tertiary/aromatic N) is 2. The molecular formula is C16H18ClN3O3. The molecule has 1 saturated heterocycles. The molecule has 0 radical (unpaired) electrons. The number of carbonyl (C=O) groups excluding carboxylic acids is 1. The molecule has 6 nitrogen and oxygen atoms in total. The number of rotatable bonds is 2. The lowest BCUT2D eigenvalue weighted by Crippen LogP contribution is -2.44. The van der Waals surface area contributed by atoms with Gasteiger partial charge in [0.2, 0.25) is 0 Å². The van der Waals surface area contributed by atoms with E-state index in [1.807, 2.05) is 24.3 Å². The van der Waals surface area contributed by atoms with Crippen LogP contribution in [0.2, 0.25) is 5.02 Å². The van der Waals surface area contributed by atoms with Crippen molar-refractivity contribution < 1.29 is 14.1 Å². The van der Waals surface area contributed by atoms with Gasteiger partial charge in [-0.3, -0.25) is 0 Å². The Kier molecular flexibility index (Phi) is 4.54. The molecule has 1 N–H and O–H groups in total. The highest BCUT2D eigenvalue weighted by molar-refractivity contribution is 6.31. The number of halogens is 1. The summed E-state index contributed by atoms with van der Waals surface area (Å²) in [5.41, 5.74) is 2.17. The summed E-state index contributed by atoms with van der Waals surface area (Å²) >= 11 is 6.22. The quantitative estimate of drug-likeness (QED) is 0.911. The number of hydrogen-bond donors (Lipinski definition) is 1. The average Bonchev–Trinajstić information content (AvgIpc) is 2.87. The Hall–Kier alpha value is -2.05. The minimum absolute atomic E-state index is 0.195. The van der Waals surface area contributed by atoms with Crippen molar-refractivity contribution >= 4 is 23.3 Å². The maximum atomic E-state index is 12.5. The summed E-state index contributed by atoms with van der Waals surface area (Å²) in [5.74, 6) is 0.590. The maximum Gasteiger partial charge on any atom is 0.322 e. The fraction of sp³-hybridized carbons (Fsp3) is 0.375. The van der Waals surface area contributed by atoms with Gasteiger partial charge < -0.3 is 19.5 Å². The zero-order valence-electron chi connectivity index (χ0n) is 13.0. The normalized spacial score (nSPS) is 18.0. The topological polar surface area (TPSA) is 67.6 Å². The first-order chi connectivity index (χ1) is 11.1. The molecule has 0 bridgehead atoms. The van der Waals surface area contributed by atoms with E-state index < -0.39 is 0 Å². The van der Waals surface area contributed by atoms with Crippen molar-refractivity contribution in [1.29, 1.82) is 0 Å². The molecule has 1 unspecified atom stereocenters. The molecule has 0 saturated carbocycles. The summed E-state index contributed by atoms with van der Waals surface area (Å²) in [7, 11) is 0. The molecular weight excluding hydrogens is 318 g/mol. The lowest BCUT2D eigenvalue weighted by Gasteiger charge is -2.33. The summed E-state index contributed by atoms with van der Waals surface area (Å²) in [5, 5.41) is 7.34. The first-order valence-corrected chi connectivity index (χ1v) is 7.79. The molecule has 23 heavy (non-hydrogen) atoms. The smallest absolute Gasteiger partial charge is 0.322 e. The molecule has 1 fully saturated rings. The summed E-state index contributed by atoms with van der Waals surface area (Å²) in [6.07, 6.45) is -0.229. The van der Waals surface area contributed by atoms with Crippen LogP contribution in [0.3, 0.4) is 0 Å². The van der Waals surface area contributed by atoms with Crippen LogP contribution in [0.25, 0.3) is 0 Å². The van der Waals surface area contributed by atoms with Crippen LogP contribution in [0.4, 0.5) is 10.5 Å². The summed E-state index contributed by atoms with van der Waals surface area (Å²) in [6, 6.07) is 7.33. The Morgan fingerprint density at radius 1 is 1.39 bits per heavy atom. The van der Waals surface area contributed by atoms with Crippen molar-refractivity contribution in [2.45, 2.75) is 20.0 Å². The van der Waals surface area contributed by atoms with E-state index in [0.29, 0.717) is 41.9 Å². The molecule has 0 spiro atoms. The Labute approximate surface area is 139 Å². The van der Waals surface area contributed by atoms with Crippen molar-refractivity contribution in [2.24, 2.45) is 0 Å². The highest BCUT2D eigenvalue weighted by Gasteiger charge is 2.27. The van der Waals surface area contributed by atoms with E-state index >= 15 is 0 Å². The van der Waals surface area contributed by atoms with E-state index in [1.54, 1.807) is 18.7 Å². The van der Waals surface area contributed by atoms with Crippen LogP contribution in [0.1, 0.15) is 23.1 Å². The molecule has 1 atom stereocenters. The number of aryl methyl sites for hydroxylation is 2. The molecule has 1 aromatic carbocycles. The molecule has 2 aromatic rings. The highest BCUT2D eigenvalue weighted by atomic mass is 35.5. The highest BCUT2D eigenvalue weighted by Crippen LogP contribution is 2.28.